The third-order valence-electron chi connectivity index (χ3n) is 3.19. The lowest BCUT2D eigenvalue weighted by Gasteiger charge is -2.26. The third-order valence-corrected chi connectivity index (χ3v) is 4.92. The second kappa shape index (κ2) is 4.86. The van der Waals surface area contributed by atoms with Crippen molar-refractivity contribution in [1.29, 1.82) is 0 Å². The first-order valence-corrected chi connectivity index (χ1v) is 7.52. The molecular weight excluding hydrogens is 268 g/mol. The molecule has 0 saturated carbocycles. The summed E-state index contributed by atoms with van der Waals surface area (Å²) in [5, 5.41) is 10.4. The van der Waals surface area contributed by atoms with E-state index in [4.69, 9.17) is 0 Å². The summed E-state index contributed by atoms with van der Waals surface area (Å²) in [4.78, 5) is 5.74. The number of hydrogen-bond donors (Lipinski definition) is 1. The van der Waals surface area contributed by atoms with Gasteiger partial charge in [-0.1, -0.05) is 0 Å². The van der Waals surface area contributed by atoms with E-state index in [2.05, 4.69) is 4.98 Å². The number of nitrogens with zero attached hydrogens (tertiary/aromatic N) is 4. The van der Waals surface area contributed by atoms with Gasteiger partial charge in [-0.25, -0.2) is 13.4 Å². The van der Waals surface area contributed by atoms with Gasteiger partial charge in [-0.2, -0.15) is 4.31 Å². The van der Waals surface area contributed by atoms with Crippen LogP contribution in [0, 0.1) is 0 Å². The number of sulfonamides is 1. The monoisotopic (exact) mass is 288 g/mol. The van der Waals surface area contributed by atoms with Crippen LogP contribution in [0.3, 0.4) is 0 Å². The topological polar surface area (TPSA) is 78.7 Å². The molecule has 1 aliphatic rings. The van der Waals surface area contributed by atoms with Crippen molar-refractivity contribution in [3.05, 3.63) is 12.5 Å². The molecule has 0 radical (unpaired) electrons. The van der Waals surface area contributed by atoms with Crippen LogP contribution in [-0.4, -0.2) is 71.6 Å². The largest absolute Gasteiger partial charge is 0.387 e. The number of rotatable bonds is 4. The molecule has 19 heavy (non-hydrogen) atoms. The van der Waals surface area contributed by atoms with Gasteiger partial charge in [0, 0.05) is 32.9 Å². The Morgan fingerprint density at radius 3 is 2.74 bits per heavy atom. The van der Waals surface area contributed by atoms with Gasteiger partial charge in [0.25, 0.3) is 10.0 Å². The minimum absolute atomic E-state index is 0.0316. The van der Waals surface area contributed by atoms with E-state index in [-0.39, 0.29) is 11.6 Å². The summed E-state index contributed by atoms with van der Waals surface area (Å²) in [7, 11) is 1.83. The quantitative estimate of drug-likeness (QED) is 0.777. The lowest BCUT2D eigenvalue weighted by atomic mass is 10.0. The molecule has 0 bridgehead atoms. The Morgan fingerprint density at radius 2 is 2.21 bits per heavy atom. The van der Waals surface area contributed by atoms with Crippen LogP contribution in [-0.2, 0) is 17.1 Å². The van der Waals surface area contributed by atoms with Gasteiger partial charge in [-0.3, -0.25) is 0 Å². The summed E-state index contributed by atoms with van der Waals surface area (Å²) in [6.07, 6.45) is 3.37. The molecule has 8 heteroatoms. The van der Waals surface area contributed by atoms with Crippen LogP contribution in [0.25, 0.3) is 0 Å². The molecule has 2 heterocycles. The Bertz CT molecular complexity index is 554. The number of β-amino-alcohol motifs (C(OH)–C–C–N with tert-alkyl or cyclic N) is 1. The molecule has 7 nitrogen and oxygen atoms in total. The first-order valence-electron chi connectivity index (χ1n) is 6.08. The lowest BCUT2D eigenvalue weighted by molar-refractivity contribution is 0.0302. The third kappa shape index (κ3) is 2.97. The Kier molecular flexibility index (Phi) is 3.69. The number of aryl methyl sites for hydroxylation is 1. The predicted molar refractivity (Wildman–Crippen MR) is 70.1 cm³/mol. The predicted octanol–water partition coefficient (Wildman–Crippen LogP) is -0.893. The van der Waals surface area contributed by atoms with E-state index in [1.54, 1.807) is 11.6 Å². The summed E-state index contributed by atoms with van der Waals surface area (Å²) in [6, 6.07) is 0. The molecule has 1 aromatic heterocycles. The van der Waals surface area contributed by atoms with Crippen LogP contribution in [0.5, 0.6) is 0 Å². The van der Waals surface area contributed by atoms with E-state index < -0.39 is 15.6 Å². The van der Waals surface area contributed by atoms with Crippen molar-refractivity contribution in [1.82, 2.24) is 18.8 Å². The maximum absolute atomic E-state index is 12.3. The van der Waals surface area contributed by atoms with Gasteiger partial charge < -0.3 is 14.6 Å². The number of hydrogen-bond acceptors (Lipinski definition) is 5. The van der Waals surface area contributed by atoms with E-state index in [1.165, 1.54) is 16.8 Å². The first-order chi connectivity index (χ1) is 8.73. The van der Waals surface area contributed by atoms with Crippen LogP contribution in [0.4, 0.5) is 0 Å². The fourth-order valence-electron chi connectivity index (χ4n) is 2.40. The van der Waals surface area contributed by atoms with Gasteiger partial charge in [-0.05, 0) is 20.5 Å². The van der Waals surface area contributed by atoms with Crippen LogP contribution < -0.4 is 0 Å². The molecular formula is C11H20N4O3S. The minimum Gasteiger partial charge on any atom is -0.387 e. The highest BCUT2D eigenvalue weighted by molar-refractivity contribution is 7.89. The van der Waals surface area contributed by atoms with Gasteiger partial charge in [0.1, 0.15) is 0 Å². The molecule has 1 N–H and O–H groups in total. The highest BCUT2D eigenvalue weighted by Gasteiger charge is 2.42. The summed E-state index contributed by atoms with van der Waals surface area (Å²) in [5.74, 6) is 0. The zero-order valence-electron chi connectivity index (χ0n) is 11.4. The molecule has 108 valence electrons. The SMILES string of the molecule is CN(C)C[C@@]1(O)CCN(S(=O)(=O)c2cn(C)cn2)C1. The molecule has 0 unspecified atom stereocenters. The fourth-order valence-corrected chi connectivity index (χ4v) is 3.88. The summed E-state index contributed by atoms with van der Waals surface area (Å²) in [6.45, 7) is 0.884. The molecule has 2 rings (SSSR count). The second-order valence-corrected chi connectivity index (χ2v) is 7.31. The van der Waals surface area contributed by atoms with Crippen molar-refractivity contribution in [2.45, 2.75) is 17.0 Å². The number of aromatic nitrogens is 2. The molecule has 1 aromatic rings. The van der Waals surface area contributed by atoms with Crippen molar-refractivity contribution < 1.29 is 13.5 Å². The van der Waals surface area contributed by atoms with Crippen molar-refractivity contribution in [3.8, 4) is 0 Å². The highest BCUT2D eigenvalue weighted by atomic mass is 32.2. The van der Waals surface area contributed by atoms with E-state index in [0.717, 1.165) is 0 Å². The standard InChI is InChI=1S/C11H20N4O3S/c1-13(2)7-11(16)4-5-15(8-11)19(17,18)10-6-14(3)9-12-10/h6,9,16H,4-5,7-8H2,1-3H3/t11-/m0/s1. The summed E-state index contributed by atoms with van der Waals surface area (Å²) < 4.78 is 27.6. The Balaban J connectivity index is 2.16. The number of imidazole rings is 1. The van der Waals surface area contributed by atoms with Crippen molar-refractivity contribution in [3.63, 3.8) is 0 Å². The molecule has 0 spiro atoms. The number of likely N-dealkylation sites (N-methyl/N-ethyl adjacent to an activating group) is 1. The molecule has 1 saturated heterocycles. The zero-order valence-corrected chi connectivity index (χ0v) is 12.3. The molecule has 0 amide bonds. The smallest absolute Gasteiger partial charge is 0.262 e. The molecule has 1 fully saturated rings. The van der Waals surface area contributed by atoms with Gasteiger partial charge in [0.05, 0.1) is 11.9 Å². The molecule has 0 aromatic carbocycles. The van der Waals surface area contributed by atoms with Gasteiger partial charge in [0.2, 0.25) is 0 Å². The molecule has 0 aliphatic carbocycles. The average Bonchev–Trinajstić information content (AvgIpc) is 2.84. The van der Waals surface area contributed by atoms with E-state index >= 15 is 0 Å². The lowest BCUT2D eigenvalue weighted by Crippen LogP contribution is -2.43. The summed E-state index contributed by atoms with van der Waals surface area (Å²) in [5.41, 5.74) is -0.981. The minimum atomic E-state index is -3.60. The summed E-state index contributed by atoms with van der Waals surface area (Å²) >= 11 is 0. The van der Waals surface area contributed by atoms with Crippen LogP contribution in [0.1, 0.15) is 6.42 Å². The van der Waals surface area contributed by atoms with Crippen molar-refractivity contribution in [2.24, 2.45) is 7.05 Å². The molecule has 1 atom stereocenters. The van der Waals surface area contributed by atoms with E-state index in [1.807, 2.05) is 19.0 Å². The normalized spacial score (nSPS) is 25.3. The maximum atomic E-state index is 12.3. The van der Waals surface area contributed by atoms with Crippen LogP contribution in [0.15, 0.2) is 17.6 Å². The highest BCUT2D eigenvalue weighted by Crippen LogP contribution is 2.26. The Morgan fingerprint density at radius 1 is 1.53 bits per heavy atom. The van der Waals surface area contributed by atoms with Crippen molar-refractivity contribution >= 4 is 10.0 Å². The van der Waals surface area contributed by atoms with Gasteiger partial charge >= 0.3 is 0 Å². The molecule has 1 aliphatic heterocycles. The Labute approximate surface area is 113 Å². The average molecular weight is 288 g/mol. The number of aliphatic hydroxyl groups is 1. The fraction of sp³-hybridized carbons (Fsp3) is 0.727. The first kappa shape index (κ1) is 14.4. The van der Waals surface area contributed by atoms with Gasteiger partial charge in [-0.15, -0.1) is 0 Å². The van der Waals surface area contributed by atoms with Crippen LogP contribution in [0.2, 0.25) is 0 Å². The van der Waals surface area contributed by atoms with E-state index in [9.17, 15) is 13.5 Å². The second-order valence-electron chi connectivity index (χ2n) is 5.43. The van der Waals surface area contributed by atoms with Gasteiger partial charge in [0.15, 0.2) is 5.03 Å². The maximum Gasteiger partial charge on any atom is 0.262 e. The zero-order chi connectivity index (χ0) is 14.3. The Hall–Kier alpha value is -0.960. The van der Waals surface area contributed by atoms with E-state index in [0.29, 0.717) is 19.5 Å². The van der Waals surface area contributed by atoms with Crippen molar-refractivity contribution in [2.75, 3.05) is 33.7 Å². The van der Waals surface area contributed by atoms with Crippen LogP contribution >= 0.6 is 0 Å².